The van der Waals surface area contributed by atoms with E-state index >= 15 is 0 Å². The van der Waals surface area contributed by atoms with Gasteiger partial charge in [-0.2, -0.15) is 0 Å². The highest BCUT2D eigenvalue weighted by Crippen LogP contribution is 2.47. The maximum absolute atomic E-state index is 11.7. The molecule has 1 aliphatic carbocycles. The molecule has 1 saturated carbocycles. The van der Waals surface area contributed by atoms with Crippen molar-refractivity contribution in [2.24, 2.45) is 5.41 Å². The zero-order valence-corrected chi connectivity index (χ0v) is 6.87. The summed E-state index contributed by atoms with van der Waals surface area (Å²) >= 11 is 0. The quantitative estimate of drug-likeness (QED) is 0.654. The van der Waals surface area contributed by atoms with Crippen LogP contribution in [0, 0.1) is 5.41 Å². The van der Waals surface area contributed by atoms with Crippen LogP contribution in [0.5, 0.6) is 0 Å². The fourth-order valence-corrected chi connectivity index (χ4v) is 1.28. The molecule has 1 aliphatic rings. The maximum Gasteiger partial charge on any atom is 0.250 e. The van der Waals surface area contributed by atoms with Crippen molar-refractivity contribution in [2.75, 3.05) is 13.1 Å². The Bertz CT molecular complexity index is 121. The molecule has 0 aliphatic heterocycles. The molecule has 0 spiro atoms. The topological polar surface area (TPSA) is 12.0 Å². The molecule has 0 aromatic heterocycles. The van der Waals surface area contributed by atoms with Gasteiger partial charge in [-0.15, -0.1) is 0 Å². The molecule has 1 fully saturated rings. The predicted octanol–water partition coefficient (Wildman–Crippen LogP) is 2.03. The van der Waals surface area contributed by atoms with Crippen molar-refractivity contribution in [1.82, 2.24) is 5.32 Å². The van der Waals surface area contributed by atoms with Crippen molar-refractivity contribution in [3.8, 4) is 0 Å². The Kier molecular flexibility index (Phi) is 2.82. The highest BCUT2D eigenvalue weighted by atomic mass is 19.3. The summed E-state index contributed by atoms with van der Waals surface area (Å²) in [5.74, 6) is 0. The van der Waals surface area contributed by atoms with Gasteiger partial charge in [-0.1, -0.05) is 6.92 Å². The molecule has 0 bridgehead atoms. The minimum absolute atomic E-state index is 0.151. The minimum Gasteiger partial charge on any atom is -0.311 e. The molecule has 0 unspecified atom stereocenters. The third kappa shape index (κ3) is 2.73. The Morgan fingerprint density at radius 3 is 2.45 bits per heavy atom. The third-order valence-corrected chi connectivity index (χ3v) is 2.51. The number of rotatable bonds is 5. The average molecular weight is 163 g/mol. The van der Waals surface area contributed by atoms with Gasteiger partial charge in [0, 0.05) is 6.54 Å². The van der Waals surface area contributed by atoms with Crippen molar-refractivity contribution >= 4 is 0 Å². The van der Waals surface area contributed by atoms with E-state index in [1.165, 1.54) is 12.8 Å². The first-order valence-electron chi connectivity index (χ1n) is 4.17. The maximum atomic E-state index is 11.7. The lowest BCUT2D eigenvalue weighted by Crippen LogP contribution is -2.28. The molecule has 11 heavy (non-hydrogen) atoms. The van der Waals surface area contributed by atoms with E-state index in [9.17, 15) is 8.78 Å². The molecule has 1 N–H and O–H groups in total. The van der Waals surface area contributed by atoms with Crippen LogP contribution >= 0.6 is 0 Å². The summed E-state index contributed by atoms with van der Waals surface area (Å²) in [4.78, 5) is 0. The Morgan fingerprint density at radius 2 is 2.09 bits per heavy atom. The van der Waals surface area contributed by atoms with E-state index in [1.54, 1.807) is 0 Å². The fourth-order valence-electron chi connectivity index (χ4n) is 1.28. The smallest absolute Gasteiger partial charge is 0.250 e. The summed E-state index contributed by atoms with van der Waals surface area (Å²) in [7, 11) is 0. The van der Waals surface area contributed by atoms with Crippen LogP contribution in [0.2, 0.25) is 0 Å². The van der Waals surface area contributed by atoms with Gasteiger partial charge in [0.15, 0.2) is 0 Å². The number of hydrogen-bond donors (Lipinski definition) is 1. The summed E-state index contributed by atoms with van der Waals surface area (Å²) in [5.41, 5.74) is 0.384. The van der Waals surface area contributed by atoms with E-state index in [1.807, 2.05) is 0 Å². The Labute approximate surface area is 66.2 Å². The largest absolute Gasteiger partial charge is 0.311 e. The van der Waals surface area contributed by atoms with Crippen LogP contribution in [0.15, 0.2) is 0 Å². The molecule has 1 nitrogen and oxygen atoms in total. The van der Waals surface area contributed by atoms with Crippen LogP contribution in [0.3, 0.4) is 0 Å². The van der Waals surface area contributed by atoms with Crippen LogP contribution in [-0.4, -0.2) is 19.5 Å². The van der Waals surface area contributed by atoms with E-state index in [2.05, 4.69) is 12.2 Å². The van der Waals surface area contributed by atoms with Crippen molar-refractivity contribution in [1.29, 1.82) is 0 Å². The fraction of sp³-hybridized carbons (Fsp3) is 1.00. The Morgan fingerprint density at radius 1 is 1.45 bits per heavy atom. The van der Waals surface area contributed by atoms with Crippen LogP contribution in [0.4, 0.5) is 8.78 Å². The van der Waals surface area contributed by atoms with E-state index in [4.69, 9.17) is 0 Å². The van der Waals surface area contributed by atoms with Crippen LogP contribution in [0.25, 0.3) is 0 Å². The molecule has 0 heterocycles. The zero-order chi connectivity index (χ0) is 8.32. The van der Waals surface area contributed by atoms with Crippen molar-refractivity contribution in [2.45, 2.75) is 32.6 Å². The lowest BCUT2D eigenvalue weighted by molar-refractivity contribution is 0.143. The zero-order valence-electron chi connectivity index (χ0n) is 6.87. The molecule has 0 atom stereocenters. The number of nitrogens with one attached hydrogen (secondary N) is 1. The number of hydrogen-bond acceptors (Lipinski definition) is 1. The Balaban J connectivity index is 2.03. The first kappa shape index (κ1) is 8.91. The summed E-state index contributed by atoms with van der Waals surface area (Å²) in [5, 5.41) is 2.79. The molecular weight excluding hydrogens is 148 g/mol. The molecule has 1 rings (SSSR count). The molecule has 0 amide bonds. The summed E-state index contributed by atoms with van der Waals surface area (Å²) in [6, 6.07) is 0. The van der Waals surface area contributed by atoms with Crippen LogP contribution < -0.4 is 5.32 Å². The molecule has 66 valence electrons. The molecular formula is C8H15F2N. The standard InChI is InChI=1S/C8H15F2N/c1-2-8(3-4-8)6-11-5-7(9)10/h7,11H,2-6H2,1H3. The molecule has 0 radical (unpaired) electrons. The van der Waals surface area contributed by atoms with Gasteiger partial charge in [-0.3, -0.25) is 0 Å². The lowest BCUT2D eigenvalue weighted by Gasteiger charge is -2.12. The van der Waals surface area contributed by atoms with Crippen LogP contribution in [0.1, 0.15) is 26.2 Å². The second-order valence-corrected chi connectivity index (χ2v) is 3.38. The van der Waals surface area contributed by atoms with Gasteiger partial charge >= 0.3 is 0 Å². The van der Waals surface area contributed by atoms with E-state index < -0.39 is 6.43 Å². The monoisotopic (exact) mass is 163 g/mol. The second kappa shape index (κ2) is 3.48. The highest BCUT2D eigenvalue weighted by molar-refractivity contribution is 4.93. The van der Waals surface area contributed by atoms with Crippen molar-refractivity contribution < 1.29 is 8.78 Å². The highest BCUT2D eigenvalue weighted by Gasteiger charge is 2.39. The first-order chi connectivity index (χ1) is 5.18. The number of alkyl halides is 2. The summed E-state index contributed by atoms with van der Waals surface area (Å²) < 4.78 is 23.3. The molecule has 3 heteroatoms. The van der Waals surface area contributed by atoms with E-state index in [-0.39, 0.29) is 6.54 Å². The normalized spacial score (nSPS) is 20.7. The Hall–Kier alpha value is -0.180. The molecule has 0 aromatic rings. The van der Waals surface area contributed by atoms with Gasteiger partial charge in [-0.05, 0) is 24.7 Å². The van der Waals surface area contributed by atoms with Crippen LogP contribution in [-0.2, 0) is 0 Å². The van der Waals surface area contributed by atoms with Gasteiger partial charge in [0.25, 0.3) is 6.43 Å². The third-order valence-electron chi connectivity index (χ3n) is 2.51. The van der Waals surface area contributed by atoms with E-state index in [0.717, 1.165) is 13.0 Å². The minimum atomic E-state index is -2.21. The molecule has 0 saturated heterocycles. The van der Waals surface area contributed by atoms with Gasteiger partial charge in [-0.25, -0.2) is 8.78 Å². The number of halogens is 2. The molecule has 0 aromatic carbocycles. The average Bonchev–Trinajstić information content (AvgIpc) is 2.69. The lowest BCUT2D eigenvalue weighted by atomic mass is 10.0. The van der Waals surface area contributed by atoms with Gasteiger partial charge < -0.3 is 5.32 Å². The summed E-state index contributed by atoms with van der Waals surface area (Å²) in [6.07, 6.45) is 1.32. The van der Waals surface area contributed by atoms with Crippen molar-refractivity contribution in [3.63, 3.8) is 0 Å². The predicted molar refractivity (Wildman–Crippen MR) is 40.8 cm³/mol. The SMILES string of the molecule is CCC1(CNCC(F)F)CC1. The summed E-state index contributed by atoms with van der Waals surface area (Å²) in [6.45, 7) is 2.74. The van der Waals surface area contributed by atoms with Gasteiger partial charge in [0.2, 0.25) is 0 Å². The second-order valence-electron chi connectivity index (χ2n) is 3.38. The van der Waals surface area contributed by atoms with Crippen molar-refractivity contribution in [3.05, 3.63) is 0 Å². The van der Waals surface area contributed by atoms with Gasteiger partial charge in [0.1, 0.15) is 0 Å². The van der Waals surface area contributed by atoms with Gasteiger partial charge in [0.05, 0.1) is 6.54 Å². The van der Waals surface area contributed by atoms with E-state index in [0.29, 0.717) is 5.41 Å². The first-order valence-corrected chi connectivity index (χ1v) is 4.17.